The van der Waals surface area contributed by atoms with Gasteiger partial charge in [0.1, 0.15) is 5.75 Å². The van der Waals surface area contributed by atoms with Crippen LogP contribution in [0.15, 0.2) is 79.1 Å². The SMILES string of the molecule is CC(CC(=O)O)c1cccc(C2(C)CCCC(C)(C)CS(=O)(=O)CCc3c(c(F)cc4[nH]ccc34)Oc3cccc(c3)-c3ccn2n3)c1. The second-order valence-electron chi connectivity index (χ2n) is 14.1. The standard InChI is InChI=1S/C38H42FN3O5S/c1-25(20-35(43)44)26-8-5-10-28(21-26)38(4)16-7-15-37(2,3)24-48(45,46)19-14-31-30-12-17-40-34(30)23-32(39)36(31)47-29-11-6-9-27(22-29)33-13-18-42(38)41-33/h5-6,8-13,17-18,21-23,25,40H,7,14-16,19-20,24H2,1-4H3,(H,43,44). The Balaban J connectivity index is 1.45. The van der Waals surface area contributed by atoms with E-state index >= 15 is 4.39 Å². The molecule has 2 aromatic heterocycles. The number of hydrogen-bond donors (Lipinski definition) is 2. The van der Waals surface area contributed by atoms with E-state index in [-0.39, 0.29) is 36.0 Å². The van der Waals surface area contributed by atoms with Crippen LogP contribution in [0.4, 0.5) is 4.39 Å². The molecule has 252 valence electrons. The topological polar surface area (TPSA) is 114 Å². The van der Waals surface area contributed by atoms with Crippen LogP contribution in [0.2, 0.25) is 0 Å². The third kappa shape index (κ3) is 7.04. The molecule has 48 heavy (non-hydrogen) atoms. The summed E-state index contributed by atoms with van der Waals surface area (Å²) in [5.41, 5.74) is 3.40. The van der Waals surface area contributed by atoms with Crippen LogP contribution in [0.5, 0.6) is 11.5 Å². The number of aryl methyl sites for hydroxylation is 1. The Morgan fingerprint density at radius 1 is 1.08 bits per heavy atom. The minimum atomic E-state index is -3.52. The average Bonchev–Trinajstić information content (AvgIpc) is 3.70. The van der Waals surface area contributed by atoms with E-state index in [0.717, 1.165) is 34.2 Å². The number of fused-ring (bicyclic) bond motifs is 8. The fraction of sp³-hybridized carbons (Fsp3) is 0.368. The van der Waals surface area contributed by atoms with Gasteiger partial charge in [-0.25, -0.2) is 12.8 Å². The van der Waals surface area contributed by atoms with E-state index in [0.29, 0.717) is 29.7 Å². The summed E-state index contributed by atoms with van der Waals surface area (Å²) >= 11 is 0. The van der Waals surface area contributed by atoms with Crippen LogP contribution in [0.25, 0.3) is 22.2 Å². The quantitative estimate of drug-likeness (QED) is 0.198. The number of H-pyrrole nitrogens is 1. The number of ether oxygens (including phenoxy) is 1. The van der Waals surface area contributed by atoms with Gasteiger partial charge < -0.3 is 14.8 Å². The largest absolute Gasteiger partial charge is 0.481 e. The van der Waals surface area contributed by atoms with Crippen LogP contribution in [0, 0.1) is 11.2 Å². The summed E-state index contributed by atoms with van der Waals surface area (Å²) in [5, 5.41) is 15.2. The first kappa shape index (κ1) is 33.5. The Morgan fingerprint density at radius 3 is 2.67 bits per heavy atom. The monoisotopic (exact) mass is 671 g/mol. The molecule has 2 unspecified atom stereocenters. The van der Waals surface area contributed by atoms with E-state index in [1.54, 1.807) is 12.3 Å². The zero-order valence-corrected chi connectivity index (χ0v) is 28.6. The smallest absolute Gasteiger partial charge is 0.303 e. The Kier molecular flexibility index (Phi) is 8.98. The van der Waals surface area contributed by atoms with Gasteiger partial charge in [-0.2, -0.15) is 5.10 Å². The lowest BCUT2D eigenvalue weighted by Gasteiger charge is -2.33. The summed E-state index contributed by atoms with van der Waals surface area (Å²) in [4.78, 5) is 14.5. The van der Waals surface area contributed by atoms with Gasteiger partial charge >= 0.3 is 5.97 Å². The highest BCUT2D eigenvalue weighted by Gasteiger charge is 2.33. The molecule has 6 rings (SSSR count). The molecule has 0 aliphatic carbocycles. The van der Waals surface area contributed by atoms with Crippen LogP contribution >= 0.6 is 0 Å². The Morgan fingerprint density at radius 2 is 1.88 bits per heavy atom. The average molecular weight is 672 g/mol. The van der Waals surface area contributed by atoms with E-state index in [2.05, 4.69) is 18.0 Å². The van der Waals surface area contributed by atoms with Gasteiger partial charge in [0.05, 0.1) is 29.2 Å². The number of carbonyl (C=O) groups is 1. The minimum Gasteiger partial charge on any atom is -0.481 e. The highest BCUT2D eigenvalue weighted by atomic mass is 32.2. The molecule has 3 heterocycles. The van der Waals surface area contributed by atoms with Crippen LogP contribution in [-0.2, 0) is 26.6 Å². The number of nitrogens with zero attached hydrogens (tertiary/aromatic N) is 2. The van der Waals surface area contributed by atoms with E-state index in [9.17, 15) is 18.3 Å². The normalized spacial score (nSPS) is 20.2. The number of benzene rings is 3. The number of sulfone groups is 1. The van der Waals surface area contributed by atoms with Crippen LogP contribution in [-0.4, -0.2) is 45.8 Å². The molecule has 5 aromatic rings. The molecular weight excluding hydrogens is 629 g/mol. The van der Waals surface area contributed by atoms with Crippen LogP contribution < -0.4 is 4.74 Å². The predicted octanol–water partition coefficient (Wildman–Crippen LogP) is 8.47. The van der Waals surface area contributed by atoms with E-state index in [4.69, 9.17) is 9.84 Å². The molecule has 3 aromatic carbocycles. The summed E-state index contributed by atoms with van der Waals surface area (Å²) in [5.74, 6) is -1.31. The van der Waals surface area contributed by atoms with E-state index in [1.807, 2.05) is 80.2 Å². The predicted molar refractivity (Wildman–Crippen MR) is 186 cm³/mol. The number of nitrogens with one attached hydrogen (secondary N) is 1. The molecule has 1 aliphatic heterocycles. The molecule has 0 saturated carbocycles. The van der Waals surface area contributed by atoms with Gasteiger partial charge in [-0.3, -0.25) is 9.48 Å². The van der Waals surface area contributed by atoms with Crippen molar-refractivity contribution in [3.63, 3.8) is 0 Å². The number of hydrogen-bond acceptors (Lipinski definition) is 5. The van der Waals surface area contributed by atoms with Crippen molar-refractivity contribution >= 4 is 26.7 Å². The molecular formula is C38H42FN3O5S. The Bertz CT molecular complexity index is 2080. The molecule has 0 amide bonds. The van der Waals surface area contributed by atoms with Crippen molar-refractivity contribution in [2.75, 3.05) is 11.5 Å². The van der Waals surface area contributed by atoms with E-state index in [1.165, 1.54) is 6.07 Å². The lowest BCUT2D eigenvalue weighted by Crippen LogP contribution is -2.33. The molecule has 2 N–H and O–H groups in total. The lowest BCUT2D eigenvalue weighted by atomic mass is 9.81. The molecule has 10 heteroatoms. The second-order valence-corrected chi connectivity index (χ2v) is 16.3. The number of aliphatic carboxylic acids is 1. The summed E-state index contributed by atoms with van der Waals surface area (Å²) < 4.78 is 51.0. The first-order chi connectivity index (χ1) is 22.7. The van der Waals surface area contributed by atoms with Crippen molar-refractivity contribution < 1.29 is 27.4 Å². The van der Waals surface area contributed by atoms with Gasteiger partial charge in [-0.05, 0) is 72.9 Å². The molecule has 8 nitrogen and oxygen atoms in total. The van der Waals surface area contributed by atoms with Crippen molar-refractivity contribution in [3.8, 4) is 22.8 Å². The molecule has 2 atom stereocenters. The van der Waals surface area contributed by atoms with Gasteiger partial charge in [0.25, 0.3) is 0 Å². The number of carboxylic acids is 1. The third-order valence-electron chi connectivity index (χ3n) is 9.66. The Labute approximate surface area is 280 Å². The second kappa shape index (κ2) is 12.9. The van der Waals surface area contributed by atoms with Gasteiger partial charge in [0, 0.05) is 40.5 Å². The number of aromatic amines is 1. The van der Waals surface area contributed by atoms with Crippen molar-refractivity contribution in [1.29, 1.82) is 0 Å². The van der Waals surface area contributed by atoms with Gasteiger partial charge in [0.15, 0.2) is 21.4 Å². The summed E-state index contributed by atoms with van der Waals surface area (Å²) in [6.45, 7) is 7.99. The zero-order chi connectivity index (χ0) is 34.3. The maximum Gasteiger partial charge on any atom is 0.303 e. The first-order valence-electron chi connectivity index (χ1n) is 16.4. The summed E-state index contributed by atoms with van der Waals surface area (Å²) in [7, 11) is -3.52. The van der Waals surface area contributed by atoms with E-state index < -0.39 is 32.6 Å². The molecule has 4 bridgehead atoms. The maximum atomic E-state index is 15.6. The summed E-state index contributed by atoms with van der Waals surface area (Å²) in [6.07, 6.45) is 5.85. The number of rotatable bonds is 4. The first-order valence-corrected chi connectivity index (χ1v) is 18.2. The zero-order valence-electron chi connectivity index (χ0n) is 27.8. The molecule has 1 aliphatic rings. The van der Waals surface area contributed by atoms with Crippen molar-refractivity contribution in [3.05, 3.63) is 102 Å². The molecule has 0 fully saturated rings. The fourth-order valence-corrected chi connectivity index (χ4v) is 9.03. The number of halogens is 1. The molecule has 0 spiro atoms. The highest BCUT2D eigenvalue weighted by Crippen LogP contribution is 2.39. The maximum absolute atomic E-state index is 15.6. The van der Waals surface area contributed by atoms with Crippen molar-refractivity contribution in [2.24, 2.45) is 5.41 Å². The molecule has 0 saturated heterocycles. The minimum absolute atomic E-state index is 0.00531. The van der Waals surface area contributed by atoms with Gasteiger partial charge in [-0.15, -0.1) is 0 Å². The third-order valence-corrected chi connectivity index (χ3v) is 11.7. The van der Waals surface area contributed by atoms with Crippen molar-refractivity contribution in [2.45, 2.75) is 71.3 Å². The van der Waals surface area contributed by atoms with Gasteiger partial charge in [0.2, 0.25) is 0 Å². The number of aromatic nitrogens is 3. The highest BCUT2D eigenvalue weighted by molar-refractivity contribution is 7.91. The van der Waals surface area contributed by atoms with Gasteiger partial charge in [-0.1, -0.05) is 63.6 Å². The lowest BCUT2D eigenvalue weighted by molar-refractivity contribution is -0.137. The summed E-state index contributed by atoms with van der Waals surface area (Å²) in [6, 6.07) is 20.5. The van der Waals surface area contributed by atoms with Crippen LogP contribution in [0.1, 0.15) is 76.0 Å². The van der Waals surface area contributed by atoms with Crippen molar-refractivity contribution in [1.82, 2.24) is 14.8 Å². The fourth-order valence-electron chi connectivity index (χ4n) is 7.03. The number of carboxylic acid groups (broad SMARTS) is 1. The molecule has 0 radical (unpaired) electrons. The van der Waals surface area contributed by atoms with Crippen LogP contribution in [0.3, 0.4) is 0 Å². The Hall–Kier alpha value is -4.44.